The molecule has 2 amide bonds. The summed E-state index contributed by atoms with van der Waals surface area (Å²) in [5.74, 6) is -0.0533. The maximum absolute atomic E-state index is 14.3. The Bertz CT molecular complexity index is 3620. The Balaban J connectivity index is 1.21. The maximum atomic E-state index is 14.3. The monoisotopic (exact) mass is 1130 g/mol. The fraction of sp³-hybridized carbons (Fsp3) is 0.371. The first-order valence-electron chi connectivity index (χ1n) is 28.9. The van der Waals surface area contributed by atoms with Crippen LogP contribution in [0.4, 0.5) is 11.4 Å². The number of carbonyl (C=O) groups is 2. The fourth-order valence-corrected chi connectivity index (χ4v) is 11.1. The van der Waals surface area contributed by atoms with Gasteiger partial charge in [0.25, 0.3) is 22.9 Å². The molecule has 14 nitrogen and oxygen atoms in total. The van der Waals surface area contributed by atoms with E-state index in [0.29, 0.717) is 56.5 Å². The summed E-state index contributed by atoms with van der Waals surface area (Å²) in [6, 6.07) is 35.0. The number of benzene rings is 6. The molecule has 2 heterocycles. The van der Waals surface area contributed by atoms with Crippen molar-refractivity contribution >= 4 is 23.2 Å². The Labute approximate surface area is 493 Å². The van der Waals surface area contributed by atoms with Gasteiger partial charge in [0.15, 0.2) is 13.2 Å². The molecule has 0 fully saturated rings. The Kier molecular flexibility index (Phi) is 16.1. The molecule has 440 valence electrons. The molecule has 0 saturated heterocycles. The van der Waals surface area contributed by atoms with Crippen molar-refractivity contribution in [1.29, 1.82) is 0 Å². The van der Waals surface area contributed by atoms with Crippen molar-refractivity contribution in [3.8, 4) is 34.4 Å². The topological polar surface area (TPSA) is 171 Å². The number of fused-ring (bicyclic) bond motifs is 8. The molecule has 0 aliphatic heterocycles. The summed E-state index contributed by atoms with van der Waals surface area (Å²) < 4.78 is 20.0. The highest BCUT2D eigenvalue weighted by atomic mass is 16.5. The number of nitrogens with one attached hydrogen (secondary N) is 2. The zero-order valence-corrected chi connectivity index (χ0v) is 51.8. The van der Waals surface area contributed by atoms with E-state index in [4.69, 9.17) is 9.47 Å². The van der Waals surface area contributed by atoms with E-state index in [1.165, 1.54) is 9.36 Å². The molecular weight excluding hydrogens is 1050 g/mol. The average Bonchev–Trinajstić information content (AvgIpc) is 3.38. The van der Waals surface area contributed by atoms with Crippen LogP contribution in [-0.4, -0.2) is 54.0 Å². The Morgan fingerprint density at radius 2 is 0.690 bits per heavy atom. The van der Waals surface area contributed by atoms with Crippen molar-refractivity contribution in [2.24, 2.45) is 14.1 Å². The Hall–Kier alpha value is -8.52. The summed E-state index contributed by atoms with van der Waals surface area (Å²) in [7, 11) is 3.54. The van der Waals surface area contributed by atoms with Crippen molar-refractivity contribution in [3.05, 3.63) is 208 Å². The minimum absolute atomic E-state index is 0.0779. The van der Waals surface area contributed by atoms with E-state index in [2.05, 4.69) is 118 Å². The molecule has 8 bridgehead atoms. The highest BCUT2D eigenvalue weighted by Gasteiger charge is 2.30. The molecule has 84 heavy (non-hydrogen) atoms. The number of nitrogens with zero attached hydrogens (tertiary/aromatic N) is 4. The summed E-state index contributed by atoms with van der Waals surface area (Å²) in [6.45, 7) is 28.3. The number of para-hydroxylation sites is 2. The van der Waals surface area contributed by atoms with Gasteiger partial charge in [0.2, 0.25) is 0 Å². The van der Waals surface area contributed by atoms with Crippen LogP contribution < -0.4 is 31.2 Å². The van der Waals surface area contributed by atoms with E-state index in [1.807, 2.05) is 84.9 Å². The Morgan fingerprint density at radius 1 is 0.440 bits per heavy atom. The lowest BCUT2D eigenvalue weighted by Crippen LogP contribution is -2.26. The van der Waals surface area contributed by atoms with Crippen LogP contribution in [0.3, 0.4) is 0 Å². The molecule has 0 radical (unpaired) electrons. The lowest BCUT2D eigenvalue weighted by molar-refractivity contribution is -0.118. The number of aromatic hydroxyl groups is 2. The molecule has 2 aromatic heterocycles. The second kappa shape index (κ2) is 22.6. The summed E-state index contributed by atoms with van der Waals surface area (Å²) in [5, 5.41) is 31.5. The standard InChI is InChI=1S/C70H82N6O8/c1-41-59(65(81)75(73(41)15)55-23-19-17-20-24-55)71-57(77)39-83-63-47-27-43-31-51(67(3,4)5)33-45(61(43)79)29-49-37-54(70(12,13)14)38-50(64(49)84-40-58(78)72-60-42(2)74(16)76(66(60)82)56-25-21-18-22-26-56)30-46-34-52(68(6,7)8)32-44(62(46)80)28-48(63)36-53(35-47)69(9,10)11/h17-26,31-38,79-80H,27-30,39-40H2,1-16H3,(H,71,77)(H,72,78). The van der Waals surface area contributed by atoms with E-state index < -0.39 is 25.0 Å². The number of rotatable bonds is 10. The van der Waals surface area contributed by atoms with Crippen molar-refractivity contribution in [1.82, 2.24) is 18.7 Å². The molecule has 0 atom stereocenters. The molecule has 9 rings (SSSR count). The number of carbonyl (C=O) groups excluding carboxylic acids is 2. The number of phenols is 2. The summed E-state index contributed by atoms with van der Waals surface area (Å²) in [4.78, 5) is 56.5. The van der Waals surface area contributed by atoms with E-state index in [0.717, 1.165) is 44.5 Å². The van der Waals surface area contributed by atoms with Gasteiger partial charge in [0, 0.05) is 39.8 Å². The van der Waals surface area contributed by atoms with Crippen LogP contribution in [-0.2, 0) is 71.0 Å². The number of aromatic nitrogens is 4. The number of anilines is 2. The summed E-state index contributed by atoms with van der Waals surface area (Å²) in [6.07, 6.45) is 0.766. The molecule has 8 aromatic rings. The first-order valence-corrected chi connectivity index (χ1v) is 28.9. The summed E-state index contributed by atoms with van der Waals surface area (Å²) >= 11 is 0. The third-order valence-corrected chi connectivity index (χ3v) is 16.3. The zero-order chi connectivity index (χ0) is 61.1. The van der Waals surface area contributed by atoms with Gasteiger partial charge >= 0.3 is 0 Å². The summed E-state index contributed by atoms with van der Waals surface area (Å²) in [5.41, 5.74) is 9.79. The van der Waals surface area contributed by atoms with Crippen LogP contribution in [0.25, 0.3) is 11.4 Å². The van der Waals surface area contributed by atoms with Gasteiger partial charge in [0.05, 0.1) is 22.8 Å². The van der Waals surface area contributed by atoms with Gasteiger partial charge < -0.3 is 30.3 Å². The molecule has 6 aromatic carbocycles. The van der Waals surface area contributed by atoms with Crippen LogP contribution in [0.5, 0.6) is 23.0 Å². The van der Waals surface area contributed by atoms with Crippen LogP contribution >= 0.6 is 0 Å². The van der Waals surface area contributed by atoms with Crippen LogP contribution in [0.2, 0.25) is 0 Å². The quantitative estimate of drug-likeness (QED) is 0.105. The van der Waals surface area contributed by atoms with Gasteiger partial charge in [-0.15, -0.1) is 0 Å². The van der Waals surface area contributed by atoms with E-state index in [-0.39, 0.29) is 81.3 Å². The number of hydrogen-bond acceptors (Lipinski definition) is 8. The molecular formula is C70H82N6O8. The average molecular weight is 1140 g/mol. The van der Waals surface area contributed by atoms with Crippen LogP contribution in [0, 0.1) is 13.8 Å². The van der Waals surface area contributed by atoms with Crippen LogP contribution in [0.1, 0.15) is 161 Å². The van der Waals surface area contributed by atoms with Crippen molar-refractivity contribution in [2.75, 3.05) is 23.8 Å². The lowest BCUT2D eigenvalue weighted by Gasteiger charge is -2.28. The molecule has 0 spiro atoms. The second-order valence-corrected chi connectivity index (χ2v) is 26.8. The number of amides is 2. The van der Waals surface area contributed by atoms with Gasteiger partial charge in [-0.25, -0.2) is 9.36 Å². The van der Waals surface area contributed by atoms with E-state index in [1.54, 1.807) is 37.3 Å². The maximum Gasteiger partial charge on any atom is 0.295 e. The van der Waals surface area contributed by atoms with Gasteiger partial charge in [-0.3, -0.25) is 28.5 Å². The third kappa shape index (κ3) is 12.3. The minimum atomic E-state index is -0.535. The van der Waals surface area contributed by atoms with Crippen molar-refractivity contribution < 1.29 is 29.3 Å². The fourth-order valence-electron chi connectivity index (χ4n) is 11.1. The van der Waals surface area contributed by atoms with Crippen molar-refractivity contribution in [2.45, 2.75) is 144 Å². The highest BCUT2D eigenvalue weighted by Crippen LogP contribution is 2.44. The second-order valence-electron chi connectivity index (χ2n) is 26.8. The van der Waals surface area contributed by atoms with Crippen LogP contribution in [0.15, 0.2) is 119 Å². The largest absolute Gasteiger partial charge is 0.507 e. The van der Waals surface area contributed by atoms with Gasteiger partial charge in [0.1, 0.15) is 34.4 Å². The SMILES string of the molecule is Cc1c(NC(=O)COc2c3cc(C(C)(C)C)cc2Cc2cc(C(C)(C)C)cc(c2O)Cc2cc(C(C)(C)C)cc(c2OCC(=O)Nc2c(C)n(C)n(-c4ccccc4)c2=O)Cc2cc(C(C)(C)C)cc(c2O)C3)c(=O)n(-c2ccccc2)n1C. The van der Waals surface area contributed by atoms with Gasteiger partial charge in [-0.05, 0) is 127 Å². The normalized spacial score (nSPS) is 13.0. The predicted molar refractivity (Wildman–Crippen MR) is 335 cm³/mol. The number of hydrogen-bond donors (Lipinski definition) is 4. The Morgan fingerprint density at radius 3 is 0.940 bits per heavy atom. The smallest absolute Gasteiger partial charge is 0.295 e. The van der Waals surface area contributed by atoms with E-state index >= 15 is 0 Å². The van der Waals surface area contributed by atoms with Crippen molar-refractivity contribution in [3.63, 3.8) is 0 Å². The number of phenolic OH excluding ortho intramolecular Hbond substituents is 2. The molecule has 1 aliphatic carbocycles. The third-order valence-electron chi connectivity index (χ3n) is 16.3. The molecule has 1 aliphatic rings. The van der Waals surface area contributed by atoms with E-state index in [9.17, 15) is 29.4 Å². The molecule has 0 unspecified atom stereocenters. The molecule has 0 saturated carbocycles. The highest BCUT2D eigenvalue weighted by molar-refractivity contribution is 5.93. The zero-order valence-electron chi connectivity index (χ0n) is 51.8. The first kappa shape index (κ1) is 60.1. The first-order chi connectivity index (χ1) is 39.3. The molecule has 14 heteroatoms. The minimum Gasteiger partial charge on any atom is -0.507 e. The van der Waals surface area contributed by atoms with Gasteiger partial charge in [-0.2, -0.15) is 0 Å². The number of ether oxygens (including phenoxy) is 2. The lowest BCUT2D eigenvalue weighted by atomic mass is 9.79. The predicted octanol–water partition coefficient (Wildman–Crippen LogP) is 12.6. The van der Waals surface area contributed by atoms with Gasteiger partial charge in [-0.1, -0.05) is 168 Å². The molecule has 4 N–H and O–H groups in total.